The van der Waals surface area contributed by atoms with E-state index in [1.54, 1.807) is 6.92 Å². The predicted molar refractivity (Wildman–Crippen MR) is 61.3 cm³/mol. The van der Waals surface area contributed by atoms with Crippen LogP contribution in [0.2, 0.25) is 0 Å². The van der Waals surface area contributed by atoms with E-state index in [2.05, 4.69) is 0 Å². The minimum atomic E-state index is -0.937. The maximum atomic E-state index is 11.8. The molecule has 1 aliphatic heterocycles. The fraction of sp³-hybridized carbons (Fsp3) is 0.800. The van der Waals surface area contributed by atoms with E-state index >= 15 is 0 Å². The largest absolute Gasteiger partial charge is 0.480 e. The fourth-order valence-corrected chi connectivity index (χ4v) is 3.04. The summed E-state index contributed by atoms with van der Waals surface area (Å²) in [6, 6.07) is -0.706. The van der Waals surface area contributed by atoms with Crippen molar-refractivity contribution < 1.29 is 19.4 Å². The van der Waals surface area contributed by atoms with Gasteiger partial charge in [0.2, 0.25) is 5.91 Å². The van der Waals surface area contributed by atoms with Crippen LogP contribution >= 0.6 is 11.8 Å². The van der Waals surface area contributed by atoms with Crippen LogP contribution in [0.4, 0.5) is 0 Å². The highest BCUT2D eigenvalue weighted by Gasteiger charge is 2.40. The number of carbonyl (C=O) groups is 2. The second-order valence-electron chi connectivity index (χ2n) is 3.49. The van der Waals surface area contributed by atoms with Crippen LogP contribution in [0.15, 0.2) is 0 Å². The van der Waals surface area contributed by atoms with Gasteiger partial charge in [-0.15, -0.1) is 11.8 Å². The van der Waals surface area contributed by atoms with Crippen LogP contribution in [0.3, 0.4) is 0 Å². The minimum Gasteiger partial charge on any atom is -0.480 e. The van der Waals surface area contributed by atoms with E-state index in [9.17, 15) is 9.59 Å². The molecule has 1 rings (SSSR count). The van der Waals surface area contributed by atoms with Gasteiger partial charge in [-0.3, -0.25) is 4.79 Å². The average molecular weight is 247 g/mol. The molecule has 0 spiro atoms. The Morgan fingerprint density at radius 2 is 2.19 bits per heavy atom. The number of carbonyl (C=O) groups excluding carboxylic acids is 1. The van der Waals surface area contributed by atoms with Gasteiger partial charge in [-0.1, -0.05) is 6.92 Å². The number of hydrogen-bond donors (Lipinski definition) is 1. The van der Waals surface area contributed by atoms with Crippen molar-refractivity contribution in [3.63, 3.8) is 0 Å². The van der Waals surface area contributed by atoms with E-state index in [1.165, 1.54) is 16.7 Å². The van der Waals surface area contributed by atoms with Crippen molar-refractivity contribution >= 4 is 23.6 Å². The number of carboxylic acid groups (broad SMARTS) is 1. The van der Waals surface area contributed by atoms with Gasteiger partial charge in [0.05, 0.1) is 5.37 Å². The lowest BCUT2D eigenvalue weighted by Gasteiger charge is -2.26. The van der Waals surface area contributed by atoms with Crippen molar-refractivity contribution in [2.45, 2.75) is 31.7 Å². The zero-order chi connectivity index (χ0) is 12.1. The second kappa shape index (κ2) is 6.10. The summed E-state index contributed by atoms with van der Waals surface area (Å²) in [5.74, 6) is -0.703. The zero-order valence-electron chi connectivity index (χ0n) is 9.51. The Bertz CT molecular complexity index is 272. The number of rotatable bonds is 5. The molecule has 2 unspecified atom stereocenters. The molecule has 1 amide bonds. The third-order valence-electron chi connectivity index (χ3n) is 2.44. The summed E-state index contributed by atoms with van der Waals surface area (Å²) >= 11 is 1.52. The number of carboxylic acids is 1. The van der Waals surface area contributed by atoms with Gasteiger partial charge in [0.1, 0.15) is 12.6 Å². The second-order valence-corrected chi connectivity index (χ2v) is 4.70. The van der Waals surface area contributed by atoms with E-state index in [0.717, 1.165) is 6.42 Å². The summed E-state index contributed by atoms with van der Waals surface area (Å²) in [4.78, 5) is 24.3. The highest BCUT2D eigenvalue weighted by molar-refractivity contribution is 8.00. The van der Waals surface area contributed by atoms with Crippen molar-refractivity contribution in [2.75, 3.05) is 19.0 Å². The number of thioether (sulfide) groups is 1. The van der Waals surface area contributed by atoms with Gasteiger partial charge in [-0.05, 0) is 13.3 Å². The van der Waals surface area contributed by atoms with Gasteiger partial charge >= 0.3 is 5.97 Å². The molecule has 0 aromatic rings. The van der Waals surface area contributed by atoms with Crippen molar-refractivity contribution in [1.29, 1.82) is 0 Å². The molecule has 0 radical (unpaired) electrons. The molecule has 1 aliphatic rings. The number of aliphatic carboxylic acids is 1. The first-order valence-corrected chi connectivity index (χ1v) is 6.40. The third-order valence-corrected chi connectivity index (χ3v) is 3.90. The predicted octanol–water partition coefficient (Wildman–Crippen LogP) is 0.788. The van der Waals surface area contributed by atoms with Crippen molar-refractivity contribution in [2.24, 2.45) is 0 Å². The van der Waals surface area contributed by atoms with E-state index in [-0.39, 0.29) is 17.9 Å². The Morgan fingerprint density at radius 3 is 2.69 bits per heavy atom. The molecule has 6 heteroatoms. The molecule has 0 aliphatic carbocycles. The Hall–Kier alpha value is -0.750. The monoisotopic (exact) mass is 247 g/mol. The molecule has 1 heterocycles. The molecule has 0 bridgehead atoms. The molecule has 16 heavy (non-hydrogen) atoms. The van der Waals surface area contributed by atoms with Gasteiger partial charge in [-0.2, -0.15) is 0 Å². The first-order valence-electron chi connectivity index (χ1n) is 5.35. The van der Waals surface area contributed by atoms with Gasteiger partial charge < -0.3 is 14.7 Å². The number of hydrogen-bond acceptors (Lipinski definition) is 4. The van der Waals surface area contributed by atoms with Crippen LogP contribution in [-0.2, 0) is 14.3 Å². The Morgan fingerprint density at radius 1 is 1.50 bits per heavy atom. The molecular weight excluding hydrogens is 230 g/mol. The molecule has 0 aromatic heterocycles. The highest BCUT2D eigenvalue weighted by atomic mass is 32.2. The van der Waals surface area contributed by atoms with Crippen LogP contribution in [0, 0.1) is 0 Å². The maximum absolute atomic E-state index is 11.8. The summed E-state index contributed by atoms with van der Waals surface area (Å²) in [6.07, 6.45) is 0.756. The maximum Gasteiger partial charge on any atom is 0.327 e. The lowest BCUT2D eigenvalue weighted by Crippen LogP contribution is -2.47. The fourth-order valence-electron chi connectivity index (χ4n) is 1.67. The van der Waals surface area contributed by atoms with E-state index in [1.807, 2.05) is 6.92 Å². The molecule has 5 nitrogen and oxygen atoms in total. The topological polar surface area (TPSA) is 66.8 Å². The molecule has 1 N–H and O–H groups in total. The molecule has 1 saturated heterocycles. The smallest absolute Gasteiger partial charge is 0.327 e. The number of ether oxygens (including phenoxy) is 1. The molecule has 0 saturated carbocycles. The Balaban J connectivity index is 2.69. The van der Waals surface area contributed by atoms with Crippen molar-refractivity contribution in [3.05, 3.63) is 0 Å². The van der Waals surface area contributed by atoms with Crippen LogP contribution in [0.5, 0.6) is 0 Å². The van der Waals surface area contributed by atoms with E-state index in [4.69, 9.17) is 9.84 Å². The minimum absolute atomic E-state index is 0.0304. The van der Waals surface area contributed by atoms with Crippen molar-refractivity contribution in [3.8, 4) is 0 Å². The lowest BCUT2D eigenvalue weighted by molar-refractivity contribution is -0.151. The first-order chi connectivity index (χ1) is 7.61. The average Bonchev–Trinajstić information content (AvgIpc) is 2.69. The normalized spacial score (nSPS) is 24.8. The van der Waals surface area contributed by atoms with Gasteiger partial charge in [0.25, 0.3) is 0 Å². The van der Waals surface area contributed by atoms with Crippen LogP contribution in [0.25, 0.3) is 0 Å². The summed E-state index contributed by atoms with van der Waals surface area (Å²) in [5, 5.41) is 8.99. The lowest BCUT2D eigenvalue weighted by atomic mass is 10.2. The van der Waals surface area contributed by atoms with E-state index < -0.39 is 12.0 Å². The molecular formula is C10H17NO4S. The Kier molecular flexibility index (Phi) is 5.08. The number of amides is 1. The van der Waals surface area contributed by atoms with Gasteiger partial charge in [0, 0.05) is 12.4 Å². The van der Waals surface area contributed by atoms with Gasteiger partial charge in [-0.25, -0.2) is 4.79 Å². The molecule has 1 fully saturated rings. The standard InChI is InChI=1S/C10H17NO4S/c1-3-9-11(8(12)5-15-4-2)7(6-16-9)10(13)14/h7,9H,3-6H2,1-2H3,(H,13,14). The summed E-state index contributed by atoms with van der Waals surface area (Å²) < 4.78 is 5.04. The zero-order valence-corrected chi connectivity index (χ0v) is 10.3. The molecule has 0 aromatic carbocycles. The summed E-state index contributed by atoms with van der Waals surface area (Å²) in [7, 11) is 0. The van der Waals surface area contributed by atoms with Crippen molar-refractivity contribution in [1.82, 2.24) is 4.90 Å². The third kappa shape index (κ3) is 2.89. The quantitative estimate of drug-likeness (QED) is 0.778. The highest BCUT2D eigenvalue weighted by Crippen LogP contribution is 2.31. The van der Waals surface area contributed by atoms with Crippen LogP contribution in [0.1, 0.15) is 20.3 Å². The summed E-state index contributed by atoms with van der Waals surface area (Å²) in [6.45, 7) is 4.18. The first kappa shape index (κ1) is 13.3. The SMILES string of the molecule is CCOCC(=O)N1C(CC)SCC1C(=O)O. The van der Waals surface area contributed by atoms with Gasteiger partial charge in [0.15, 0.2) is 0 Å². The van der Waals surface area contributed by atoms with Crippen LogP contribution < -0.4 is 0 Å². The van der Waals surface area contributed by atoms with Crippen LogP contribution in [-0.4, -0.2) is 52.3 Å². The Labute approximate surface area is 99.1 Å². The summed E-state index contributed by atoms with van der Waals surface area (Å²) in [5.41, 5.74) is 0. The molecule has 92 valence electrons. The number of nitrogens with zero attached hydrogens (tertiary/aromatic N) is 1. The molecule has 2 atom stereocenters. The van der Waals surface area contributed by atoms with E-state index in [0.29, 0.717) is 12.4 Å².